The molecule has 5 saturated carbocycles. The molecule has 0 saturated heterocycles. The predicted octanol–water partition coefficient (Wildman–Crippen LogP) is 4.10. The van der Waals surface area contributed by atoms with Crippen LogP contribution in [0.4, 0.5) is 4.39 Å². The van der Waals surface area contributed by atoms with Gasteiger partial charge in [-0.1, -0.05) is 6.92 Å². The van der Waals surface area contributed by atoms with Crippen molar-refractivity contribution in [3.05, 3.63) is 36.3 Å². The number of fused-ring (bicyclic) bond motifs is 2. The average Bonchev–Trinajstić information content (AvgIpc) is 3.19. The molecule has 1 unspecified atom stereocenters. The van der Waals surface area contributed by atoms with Gasteiger partial charge in [-0.3, -0.25) is 9.78 Å². The van der Waals surface area contributed by atoms with Crippen molar-refractivity contribution in [2.45, 2.75) is 50.7 Å². The van der Waals surface area contributed by atoms with E-state index in [1.54, 1.807) is 19.4 Å². The van der Waals surface area contributed by atoms with E-state index in [-0.39, 0.29) is 29.3 Å². The monoisotopic (exact) mass is 424 g/mol. The molecule has 164 valence electrons. The number of ether oxygens (including phenoxy) is 2. The normalized spacial score (nSPS) is 38.0. The first-order chi connectivity index (χ1) is 14.9. The predicted molar refractivity (Wildman–Crippen MR) is 114 cm³/mol. The van der Waals surface area contributed by atoms with Crippen LogP contribution in [0.15, 0.2) is 30.5 Å². The van der Waals surface area contributed by atoms with E-state index in [1.165, 1.54) is 12.1 Å². The zero-order valence-corrected chi connectivity index (χ0v) is 18.1. The number of pyridine rings is 1. The average molecular weight is 425 g/mol. The lowest BCUT2D eigenvalue weighted by molar-refractivity contribution is -0.189. The third-order valence-corrected chi connectivity index (χ3v) is 8.40. The molecule has 1 heterocycles. The van der Waals surface area contributed by atoms with E-state index in [0.717, 1.165) is 49.6 Å². The van der Waals surface area contributed by atoms with Gasteiger partial charge in [0.25, 0.3) is 0 Å². The number of carbonyl (C=O) groups is 1. The minimum Gasteiger partial charge on any atom is -0.490 e. The summed E-state index contributed by atoms with van der Waals surface area (Å²) in [4.78, 5) is 17.2. The largest absolute Gasteiger partial charge is 0.490 e. The number of methoxy groups -OCH3 is 1. The quantitative estimate of drug-likeness (QED) is 0.727. The minimum absolute atomic E-state index is 0.0528. The fourth-order valence-electron chi connectivity index (χ4n) is 7.20. The molecule has 5 aliphatic carbocycles. The Balaban J connectivity index is 1.04. The van der Waals surface area contributed by atoms with Gasteiger partial charge in [-0.25, -0.2) is 4.39 Å². The van der Waals surface area contributed by atoms with Crippen LogP contribution in [0.3, 0.4) is 0 Å². The number of hydrogen-bond acceptors (Lipinski definition) is 4. The van der Waals surface area contributed by atoms with Crippen molar-refractivity contribution >= 4 is 16.8 Å². The summed E-state index contributed by atoms with van der Waals surface area (Å²) >= 11 is 0. The molecule has 1 aromatic heterocycles. The highest BCUT2D eigenvalue weighted by molar-refractivity contribution is 5.84. The first kappa shape index (κ1) is 19.5. The molecule has 0 aliphatic heterocycles. The molecule has 6 heteroatoms. The highest BCUT2D eigenvalue weighted by Crippen LogP contribution is 2.67. The Morgan fingerprint density at radius 2 is 2.00 bits per heavy atom. The van der Waals surface area contributed by atoms with Gasteiger partial charge in [-0.15, -0.1) is 0 Å². The molecule has 0 radical (unpaired) electrons. The third kappa shape index (κ3) is 3.05. The lowest BCUT2D eigenvalue weighted by atomic mass is 9.39. The standard InChI is InChI=1S/C25H29FN2O3/c1-14(23(29)28-25-10-24(11-25,12-25)13-30-2)22-17-8-16(9-18(17)22)31-21-5-6-27-20-4-3-15(26)7-19(20)21/h3-7,14,16-18,22H,8-13H2,1-2H3,(H,28,29)/t14?,16-,17+,18-,22-,24?,25?. The fraction of sp³-hybridized carbons (Fsp3) is 0.600. The SMILES string of the molecule is COCC12CC(NC(=O)C(C)[C@H]3[C@@H]4C[C@H](Oc5ccnc6ccc(F)cc56)C[C@@H]43)(C1)C2. The van der Waals surface area contributed by atoms with E-state index in [1.807, 2.05) is 6.07 Å². The highest BCUT2D eigenvalue weighted by Gasteiger charge is 2.69. The topological polar surface area (TPSA) is 60.5 Å². The molecule has 5 fully saturated rings. The van der Waals surface area contributed by atoms with Gasteiger partial charge in [0.1, 0.15) is 11.6 Å². The highest BCUT2D eigenvalue weighted by atomic mass is 19.1. The van der Waals surface area contributed by atoms with Gasteiger partial charge in [0.15, 0.2) is 0 Å². The van der Waals surface area contributed by atoms with Crippen molar-refractivity contribution < 1.29 is 18.7 Å². The van der Waals surface area contributed by atoms with E-state index in [2.05, 4.69) is 17.2 Å². The van der Waals surface area contributed by atoms with Crippen LogP contribution in [0, 0.1) is 34.9 Å². The van der Waals surface area contributed by atoms with Gasteiger partial charge >= 0.3 is 0 Å². The van der Waals surface area contributed by atoms with Crippen molar-refractivity contribution in [2.75, 3.05) is 13.7 Å². The molecule has 1 N–H and O–H groups in total. The zero-order valence-electron chi connectivity index (χ0n) is 18.1. The van der Waals surface area contributed by atoms with E-state index >= 15 is 0 Å². The number of benzene rings is 1. The van der Waals surface area contributed by atoms with Gasteiger partial charge in [-0.2, -0.15) is 0 Å². The summed E-state index contributed by atoms with van der Waals surface area (Å²) in [6.45, 7) is 2.90. The summed E-state index contributed by atoms with van der Waals surface area (Å²) in [7, 11) is 1.76. The maximum absolute atomic E-state index is 13.7. The first-order valence-electron chi connectivity index (χ1n) is 11.4. The molecule has 2 bridgehead atoms. The van der Waals surface area contributed by atoms with Crippen LogP contribution in [0.5, 0.6) is 5.75 Å². The molecular formula is C25H29FN2O3. The summed E-state index contributed by atoms with van der Waals surface area (Å²) < 4.78 is 25.3. The van der Waals surface area contributed by atoms with E-state index in [0.29, 0.717) is 28.9 Å². The van der Waals surface area contributed by atoms with Crippen LogP contribution in [0.1, 0.15) is 39.0 Å². The van der Waals surface area contributed by atoms with Crippen molar-refractivity contribution in [3.63, 3.8) is 0 Å². The van der Waals surface area contributed by atoms with Crippen LogP contribution in [0.2, 0.25) is 0 Å². The smallest absolute Gasteiger partial charge is 0.223 e. The molecule has 7 rings (SSSR count). The van der Waals surface area contributed by atoms with E-state index in [9.17, 15) is 9.18 Å². The maximum Gasteiger partial charge on any atom is 0.223 e. The van der Waals surface area contributed by atoms with Gasteiger partial charge in [0.2, 0.25) is 5.91 Å². The third-order valence-electron chi connectivity index (χ3n) is 8.40. The number of halogens is 1. The molecule has 5 nitrogen and oxygen atoms in total. The second kappa shape index (κ2) is 6.64. The van der Waals surface area contributed by atoms with Crippen molar-refractivity contribution in [1.82, 2.24) is 10.3 Å². The van der Waals surface area contributed by atoms with Gasteiger partial charge in [0, 0.05) is 35.6 Å². The zero-order chi connectivity index (χ0) is 21.4. The van der Waals surface area contributed by atoms with Crippen molar-refractivity contribution in [2.24, 2.45) is 29.1 Å². The van der Waals surface area contributed by atoms with Crippen LogP contribution in [0.25, 0.3) is 10.9 Å². The summed E-state index contributed by atoms with van der Waals surface area (Å²) in [5.41, 5.74) is 1.13. The maximum atomic E-state index is 13.7. The number of nitrogens with zero attached hydrogens (tertiary/aromatic N) is 1. The summed E-state index contributed by atoms with van der Waals surface area (Å²) in [6.07, 6.45) is 6.98. The lowest BCUT2D eigenvalue weighted by Gasteiger charge is -2.70. The summed E-state index contributed by atoms with van der Waals surface area (Å²) in [6, 6.07) is 6.41. The van der Waals surface area contributed by atoms with Gasteiger partial charge < -0.3 is 14.8 Å². The second-order valence-corrected chi connectivity index (χ2v) is 10.6. The Morgan fingerprint density at radius 1 is 1.26 bits per heavy atom. The molecule has 1 amide bonds. The Kier molecular flexibility index (Phi) is 4.17. The van der Waals surface area contributed by atoms with Crippen molar-refractivity contribution in [3.8, 4) is 5.75 Å². The fourth-order valence-corrected chi connectivity index (χ4v) is 7.20. The molecule has 1 aromatic carbocycles. The summed E-state index contributed by atoms with van der Waals surface area (Å²) in [5, 5.41) is 4.08. The van der Waals surface area contributed by atoms with Gasteiger partial charge in [-0.05, 0) is 74.1 Å². The second-order valence-electron chi connectivity index (χ2n) is 10.6. The van der Waals surface area contributed by atoms with Crippen molar-refractivity contribution in [1.29, 1.82) is 0 Å². The first-order valence-corrected chi connectivity index (χ1v) is 11.4. The van der Waals surface area contributed by atoms with Gasteiger partial charge in [0.05, 0.1) is 18.2 Å². The number of aromatic nitrogens is 1. The Labute approximate surface area is 181 Å². The Morgan fingerprint density at radius 3 is 2.71 bits per heavy atom. The Bertz CT molecular complexity index is 1020. The van der Waals surface area contributed by atoms with Crippen LogP contribution in [-0.2, 0) is 9.53 Å². The summed E-state index contributed by atoms with van der Waals surface area (Å²) in [5.74, 6) is 2.28. The molecule has 5 aliphatic rings. The number of amides is 1. The molecular weight excluding hydrogens is 395 g/mol. The van der Waals surface area contributed by atoms with Crippen LogP contribution in [-0.4, -0.2) is 36.3 Å². The van der Waals surface area contributed by atoms with Crippen LogP contribution >= 0.6 is 0 Å². The number of carbonyl (C=O) groups excluding carboxylic acids is 1. The number of hydrogen-bond donors (Lipinski definition) is 1. The number of rotatable bonds is 7. The Hall–Kier alpha value is -2.21. The minimum atomic E-state index is -0.281. The number of nitrogens with one attached hydrogen (secondary N) is 1. The van der Waals surface area contributed by atoms with Crippen LogP contribution < -0.4 is 10.1 Å². The lowest BCUT2D eigenvalue weighted by Crippen LogP contribution is -2.76. The van der Waals surface area contributed by atoms with E-state index < -0.39 is 0 Å². The molecule has 5 atom stereocenters. The molecule has 2 aromatic rings. The molecule has 31 heavy (non-hydrogen) atoms. The molecule has 0 spiro atoms. The van der Waals surface area contributed by atoms with E-state index in [4.69, 9.17) is 9.47 Å².